The van der Waals surface area contributed by atoms with Crippen LogP contribution in [-0.4, -0.2) is 193 Å². The Balaban J connectivity index is 1.25. The van der Waals surface area contributed by atoms with Crippen molar-refractivity contribution < 1.29 is 89.4 Å². The van der Waals surface area contributed by atoms with E-state index in [0.29, 0.717) is 6.42 Å². The lowest BCUT2D eigenvalue weighted by molar-refractivity contribution is -0.379. The molecule has 0 radical (unpaired) electrons. The maximum absolute atomic E-state index is 13.2. The Labute approximate surface area is 511 Å². The van der Waals surface area contributed by atoms with Crippen molar-refractivity contribution in [2.24, 2.45) is 0 Å². The van der Waals surface area contributed by atoms with Crippen LogP contribution in [-0.2, 0) is 33.2 Å². The van der Waals surface area contributed by atoms with Crippen LogP contribution in [0, 0.1) is 0 Å². The van der Waals surface area contributed by atoms with Crippen molar-refractivity contribution >= 4 is 5.91 Å². The first-order valence-electron chi connectivity index (χ1n) is 33.7. The number of aliphatic hydroxyl groups excluding tert-OH is 11. The number of carbonyl (C=O) groups excluding carboxylic acids is 1. The van der Waals surface area contributed by atoms with Gasteiger partial charge in [0.25, 0.3) is 0 Å². The molecule has 0 aliphatic carbocycles. The predicted molar refractivity (Wildman–Crippen MR) is 328 cm³/mol. The van der Waals surface area contributed by atoms with Gasteiger partial charge in [-0.1, -0.05) is 224 Å². The molecule has 85 heavy (non-hydrogen) atoms. The molecule has 3 saturated heterocycles. The summed E-state index contributed by atoms with van der Waals surface area (Å²) in [7, 11) is 0. The molecule has 0 bridgehead atoms. The molecule has 0 saturated carbocycles. The Bertz CT molecular complexity index is 1690. The van der Waals surface area contributed by atoms with Crippen LogP contribution < -0.4 is 5.32 Å². The molecule has 19 heteroatoms. The summed E-state index contributed by atoms with van der Waals surface area (Å²) in [6, 6.07) is -0.967. The van der Waals surface area contributed by atoms with Crippen LogP contribution in [0.4, 0.5) is 0 Å². The molecule has 3 aliphatic heterocycles. The number of allylic oxidation sites excluding steroid dienone is 5. The number of rotatable bonds is 51. The Morgan fingerprint density at radius 2 is 0.776 bits per heavy atom. The highest BCUT2D eigenvalue weighted by molar-refractivity contribution is 5.76. The molecule has 19 nitrogen and oxygen atoms in total. The van der Waals surface area contributed by atoms with Crippen LogP contribution in [0.25, 0.3) is 0 Å². The van der Waals surface area contributed by atoms with Gasteiger partial charge in [-0.05, 0) is 51.4 Å². The minimum atomic E-state index is -1.97. The van der Waals surface area contributed by atoms with Crippen molar-refractivity contribution in [1.82, 2.24) is 5.32 Å². The van der Waals surface area contributed by atoms with Gasteiger partial charge in [0.1, 0.15) is 73.2 Å². The maximum Gasteiger partial charge on any atom is 0.220 e. The van der Waals surface area contributed by atoms with Gasteiger partial charge in [0.05, 0.1) is 38.6 Å². The molecule has 0 aromatic carbocycles. The summed E-state index contributed by atoms with van der Waals surface area (Å²) in [5.41, 5.74) is 0. The van der Waals surface area contributed by atoms with Gasteiger partial charge in [0.2, 0.25) is 5.91 Å². The lowest BCUT2D eigenvalue weighted by Crippen LogP contribution is -2.66. The topological polar surface area (TPSA) is 307 Å². The summed E-state index contributed by atoms with van der Waals surface area (Å²) in [4.78, 5) is 13.2. The lowest BCUT2D eigenvalue weighted by Gasteiger charge is -2.48. The van der Waals surface area contributed by atoms with E-state index in [1.54, 1.807) is 6.08 Å². The zero-order valence-corrected chi connectivity index (χ0v) is 52.3. The summed E-state index contributed by atoms with van der Waals surface area (Å²) in [6.07, 6.45) is 29.6. The third-order valence-electron chi connectivity index (χ3n) is 16.9. The Hall–Kier alpha value is -1.99. The third kappa shape index (κ3) is 31.5. The highest BCUT2D eigenvalue weighted by Gasteiger charge is 2.53. The zero-order valence-electron chi connectivity index (χ0n) is 52.3. The first-order chi connectivity index (χ1) is 41.3. The summed E-state index contributed by atoms with van der Waals surface area (Å²) < 4.78 is 34.1. The highest BCUT2D eigenvalue weighted by Crippen LogP contribution is 2.33. The summed E-state index contributed by atoms with van der Waals surface area (Å²) in [5, 5.41) is 120. The van der Waals surface area contributed by atoms with E-state index in [-0.39, 0.29) is 18.9 Å². The van der Waals surface area contributed by atoms with E-state index in [4.69, 9.17) is 28.4 Å². The van der Waals surface area contributed by atoms with Crippen molar-refractivity contribution in [3.8, 4) is 0 Å². The van der Waals surface area contributed by atoms with Crippen molar-refractivity contribution in [3.63, 3.8) is 0 Å². The van der Waals surface area contributed by atoms with E-state index in [2.05, 4.69) is 43.5 Å². The Kier molecular flexibility index (Phi) is 44.4. The average Bonchev–Trinajstić information content (AvgIpc) is 1.93. The van der Waals surface area contributed by atoms with Crippen molar-refractivity contribution in [2.45, 2.75) is 349 Å². The number of aliphatic hydroxyl groups is 11. The van der Waals surface area contributed by atoms with Crippen LogP contribution in [0.2, 0.25) is 0 Å². The highest BCUT2D eigenvalue weighted by atomic mass is 16.8. The second-order valence-electron chi connectivity index (χ2n) is 24.3. The lowest BCUT2D eigenvalue weighted by atomic mass is 9.96. The van der Waals surface area contributed by atoms with Gasteiger partial charge in [-0.25, -0.2) is 0 Å². The van der Waals surface area contributed by atoms with Gasteiger partial charge in [-0.2, -0.15) is 0 Å². The molecule has 3 aliphatic rings. The largest absolute Gasteiger partial charge is 0.394 e. The molecule has 0 aromatic rings. The minimum Gasteiger partial charge on any atom is -0.394 e. The monoisotopic (exact) mass is 1220 g/mol. The van der Waals surface area contributed by atoms with Gasteiger partial charge < -0.3 is 89.9 Å². The van der Waals surface area contributed by atoms with Crippen LogP contribution >= 0.6 is 0 Å². The fourth-order valence-electron chi connectivity index (χ4n) is 11.4. The van der Waals surface area contributed by atoms with Crippen LogP contribution in [0.1, 0.15) is 245 Å². The van der Waals surface area contributed by atoms with Crippen molar-refractivity contribution in [3.05, 3.63) is 36.5 Å². The summed E-state index contributed by atoms with van der Waals surface area (Å²) >= 11 is 0. The van der Waals surface area contributed by atoms with E-state index >= 15 is 0 Å². The zero-order chi connectivity index (χ0) is 61.9. The fourth-order valence-corrected chi connectivity index (χ4v) is 11.4. The van der Waals surface area contributed by atoms with Gasteiger partial charge in [0.15, 0.2) is 18.9 Å². The molecular weight excluding hydrogens is 1090 g/mol. The molecule has 0 spiro atoms. The predicted octanol–water partition coefficient (Wildman–Crippen LogP) is 8.05. The molecule has 17 atom stereocenters. The van der Waals surface area contributed by atoms with Gasteiger partial charge in [-0.15, -0.1) is 0 Å². The number of hydrogen-bond donors (Lipinski definition) is 12. The number of amides is 1. The van der Waals surface area contributed by atoms with Crippen LogP contribution in [0.15, 0.2) is 36.5 Å². The molecule has 498 valence electrons. The van der Waals surface area contributed by atoms with E-state index < -0.39 is 124 Å². The molecule has 12 N–H and O–H groups in total. The van der Waals surface area contributed by atoms with Crippen molar-refractivity contribution in [1.29, 1.82) is 0 Å². The van der Waals surface area contributed by atoms with E-state index in [1.807, 2.05) is 6.08 Å². The number of hydrogen-bond acceptors (Lipinski definition) is 18. The van der Waals surface area contributed by atoms with E-state index in [9.17, 15) is 61.0 Å². The number of ether oxygens (including phenoxy) is 6. The van der Waals surface area contributed by atoms with Crippen LogP contribution in [0.3, 0.4) is 0 Å². The van der Waals surface area contributed by atoms with E-state index in [0.717, 1.165) is 51.4 Å². The second-order valence-corrected chi connectivity index (χ2v) is 24.3. The number of nitrogens with one attached hydrogen (secondary N) is 1. The van der Waals surface area contributed by atoms with Crippen molar-refractivity contribution in [2.75, 3.05) is 26.4 Å². The Morgan fingerprint density at radius 1 is 0.424 bits per heavy atom. The molecule has 3 fully saturated rings. The van der Waals surface area contributed by atoms with E-state index in [1.165, 1.54) is 167 Å². The average molecular weight is 1220 g/mol. The minimum absolute atomic E-state index is 0.245. The summed E-state index contributed by atoms with van der Waals surface area (Å²) in [6.45, 7) is 1.59. The number of carbonyl (C=O) groups is 1. The quantitative estimate of drug-likeness (QED) is 0.0202. The maximum atomic E-state index is 13.2. The third-order valence-corrected chi connectivity index (χ3v) is 16.9. The first-order valence-corrected chi connectivity index (χ1v) is 33.7. The first kappa shape index (κ1) is 77.3. The van der Waals surface area contributed by atoms with Crippen LogP contribution in [0.5, 0.6) is 0 Å². The summed E-state index contributed by atoms with van der Waals surface area (Å²) in [5.74, 6) is -0.280. The van der Waals surface area contributed by atoms with Gasteiger partial charge in [-0.3, -0.25) is 4.79 Å². The number of unbranched alkanes of at least 4 members (excludes halogenated alkanes) is 31. The molecule has 3 heterocycles. The fraction of sp³-hybridized carbons (Fsp3) is 0.894. The van der Waals surface area contributed by atoms with Gasteiger partial charge in [0, 0.05) is 6.42 Å². The molecule has 0 aromatic heterocycles. The molecular formula is C66H121NO18. The second kappa shape index (κ2) is 48.8. The SMILES string of the molecule is CCCCC/C=C/C(O)C(COC1OC(CO)C(OC2OC(CO)C(OC3OC(CO)C(O)C(O)C3O)C(O)C2O)C(O)C1O)NC(=O)CCCCCCCCCCCCCCCCCCCCCCCCC/C=C\C/C=C\CCCCCCC. The molecule has 1 amide bonds. The standard InChI is InChI=1S/C66H121NO18/c1-3-5-7-9-10-11-12-13-14-15-16-17-18-19-20-21-22-23-24-25-26-27-28-29-30-31-32-33-34-35-36-37-38-40-42-44-54(72)67-49(50(71)43-41-39-8-6-4-2)48-80-64-60(78)57(75)62(52(46-69)82-64)85-66-61(79)58(76)63(53(47-70)83-66)84-65-59(77)56(74)55(73)51(45-68)81-65/h12-13,15-16,41,43,49-53,55-66,68-71,73-79H,3-11,14,17-40,42,44-48H2,1-2H3,(H,67,72)/b13-12-,16-15-,43-41+. The smallest absolute Gasteiger partial charge is 0.220 e. The van der Waals surface area contributed by atoms with Gasteiger partial charge >= 0.3 is 0 Å². The Morgan fingerprint density at radius 3 is 1.22 bits per heavy atom. The normalized spacial score (nSPS) is 29.2. The molecule has 3 rings (SSSR count). The molecule has 17 unspecified atom stereocenters.